The van der Waals surface area contributed by atoms with Crippen molar-refractivity contribution < 1.29 is 28.6 Å². The number of hydrogen-bond donors (Lipinski definition) is 0. The van der Waals surface area contributed by atoms with Crippen LogP contribution in [0.5, 0.6) is 0 Å². The molecule has 0 aliphatic heterocycles. The smallest absolute Gasteiger partial charge is 0.306 e. The van der Waals surface area contributed by atoms with Gasteiger partial charge in [0.1, 0.15) is 13.2 Å². The van der Waals surface area contributed by atoms with E-state index in [0.717, 1.165) is 89.9 Å². The van der Waals surface area contributed by atoms with Gasteiger partial charge < -0.3 is 14.2 Å². The highest BCUT2D eigenvalue weighted by Gasteiger charge is 2.19. The molecule has 0 aromatic heterocycles. The number of carbonyl (C=O) groups is 3. The van der Waals surface area contributed by atoms with E-state index in [1.807, 2.05) is 0 Å². The molecule has 0 amide bonds. The molecule has 0 spiro atoms. The van der Waals surface area contributed by atoms with E-state index < -0.39 is 6.10 Å². The highest BCUT2D eigenvalue weighted by atomic mass is 16.6. The van der Waals surface area contributed by atoms with E-state index in [0.29, 0.717) is 19.3 Å². The molecule has 0 aliphatic carbocycles. The molecule has 0 heterocycles. The number of unbranched alkanes of at least 4 members (excludes halogenated alkanes) is 29. The standard InChI is InChI=1S/C65H112O6/c1-4-7-10-13-16-18-20-22-24-26-28-30-32-34-35-37-39-41-43-45-47-49-52-55-58-64(67)70-61-62(60-69-63(66)57-54-51-15-12-9-6-3)71-65(68)59-56-53-50-48-46-44-42-40-38-36-33-31-29-27-25-23-21-19-17-14-11-8-5-2/h8,11,17,19,23,25,29,31,36,38,42,44,48,50,62H,4-7,9-10,12-16,18,20-22,24,26-28,30,32-35,37,39-41,43,45-47,49,51-61H2,1-3H3/b11-8-,19-17-,25-23-,31-29-,38-36-,44-42-,50-48-. The lowest BCUT2D eigenvalue weighted by atomic mass is 10.0. The van der Waals surface area contributed by atoms with Gasteiger partial charge in [-0.3, -0.25) is 14.4 Å². The first-order valence-electron chi connectivity index (χ1n) is 30.1. The highest BCUT2D eigenvalue weighted by Crippen LogP contribution is 2.17. The SMILES string of the molecule is CC/C=C\C/C=C\C/C=C\C/C=C\C/C=C\C/C=C\C/C=C\CCCC(=O)OC(COC(=O)CCCCCCCC)COC(=O)CCCCCCCCCCCCCCCCCCCCCCCCCC. The Bertz CT molecular complexity index is 1370. The van der Waals surface area contributed by atoms with Crippen LogP contribution in [-0.4, -0.2) is 37.2 Å². The van der Waals surface area contributed by atoms with Crippen molar-refractivity contribution in [2.45, 2.75) is 297 Å². The van der Waals surface area contributed by atoms with Gasteiger partial charge in [0.05, 0.1) is 0 Å². The molecule has 0 bridgehead atoms. The molecule has 0 aromatic rings. The van der Waals surface area contributed by atoms with Crippen molar-refractivity contribution in [2.75, 3.05) is 13.2 Å². The molecule has 0 aliphatic rings. The van der Waals surface area contributed by atoms with Gasteiger partial charge in [-0.2, -0.15) is 0 Å². The fourth-order valence-corrected chi connectivity index (χ4v) is 8.43. The summed E-state index contributed by atoms with van der Waals surface area (Å²) in [5.74, 6) is -0.959. The summed E-state index contributed by atoms with van der Waals surface area (Å²) < 4.78 is 16.7. The van der Waals surface area contributed by atoms with Crippen LogP contribution >= 0.6 is 0 Å². The van der Waals surface area contributed by atoms with Crippen molar-refractivity contribution in [3.05, 3.63) is 85.1 Å². The lowest BCUT2D eigenvalue weighted by Gasteiger charge is -2.18. The molecule has 0 rings (SSSR count). The summed E-state index contributed by atoms with van der Waals surface area (Å²) in [6.45, 7) is 6.44. The first kappa shape index (κ1) is 67.6. The lowest BCUT2D eigenvalue weighted by Crippen LogP contribution is -2.30. The van der Waals surface area contributed by atoms with Crippen LogP contribution in [0.3, 0.4) is 0 Å². The fraction of sp³-hybridized carbons (Fsp3) is 0.738. The van der Waals surface area contributed by atoms with Gasteiger partial charge in [-0.25, -0.2) is 0 Å². The van der Waals surface area contributed by atoms with Crippen molar-refractivity contribution in [3.63, 3.8) is 0 Å². The predicted molar refractivity (Wildman–Crippen MR) is 307 cm³/mol. The van der Waals surface area contributed by atoms with Crippen LogP contribution in [0.25, 0.3) is 0 Å². The molecule has 408 valence electrons. The Kier molecular flexibility index (Phi) is 56.3. The molecule has 0 fully saturated rings. The van der Waals surface area contributed by atoms with Crippen LogP contribution < -0.4 is 0 Å². The summed E-state index contributed by atoms with van der Waals surface area (Å²) in [4.78, 5) is 37.9. The average Bonchev–Trinajstić information content (AvgIpc) is 3.37. The van der Waals surface area contributed by atoms with Gasteiger partial charge in [-0.15, -0.1) is 0 Å². The molecular weight excluding hydrogens is 877 g/mol. The van der Waals surface area contributed by atoms with Gasteiger partial charge in [0.15, 0.2) is 6.10 Å². The predicted octanol–water partition coefficient (Wildman–Crippen LogP) is 20.3. The van der Waals surface area contributed by atoms with E-state index in [1.165, 1.54) is 154 Å². The Labute approximate surface area is 439 Å². The molecule has 1 atom stereocenters. The second-order valence-electron chi connectivity index (χ2n) is 19.9. The van der Waals surface area contributed by atoms with Gasteiger partial charge in [-0.1, -0.05) is 286 Å². The minimum absolute atomic E-state index is 0.0971. The van der Waals surface area contributed by atoms with Gasteiger partial charge in [-0.05, 0) is 70.6 Å². The van der Waals surface area contributed by atoms with Crippen molar-refractivity contribution in [2.24, 2.45) is 0 Å². The van der Waals surface area contributed by atoms with Crippen LogP contribution in [-0.2, 0) is 28.6 Å². The zero-order valence-corrected chi connectivity index (χ0v) is 46.7. The van der Waals surface area contributed by atoms with E-state index in [4.69, 9.17) is 14.2 Å². The third-order valence-corrected chi connectivity index (χ3v) is 12.9. The Balaban J connectivity index is 4.20. The zero-order valence-electron chi connectivity index (χ0n) is 46.7. The Morgan fingerprint density at radius 1 is 0.296 bits per heavy atom. The second kappa shape index (κ2) is 59.2. The molecule has 6 nitrogen and oxygen atoms in total. The van der Waals surface area contributed by atoms with Crippen molar-refractivity contribution >= 4 is 17.9 Å². The van der Waals surface area contributed by atoms with Crippen LogP contribution in [0.2, 0.25) is 0 Å². The number of carbonyl (C=O) groups excluding carboxylic acids is 3. The van der Waals surface area contributed by atoms with Crippen LogP contribution in [0.15, 0.2) is 85.1 Å². The number of esters is 3. The molecule has 0 saturated heterocycles. The van der Waals surface area contributed by atoms with Crippen LogP contribution in [0, 0.1) is 0 Å². The normalized spacial score (nSPS) is 12.7. The molecule has 0 saturated carbocycles. The molecule has 0 N–H and O–H groups in total. The largest absolute Gasteiger partial charge is 0.462 e. The summed E-state index contributed by atoms with van der Waals surface area (Å²) in [6.07, 6.45) is 77.7. The lowest BCUT2D eigenvalue weighted by molar-refractivity contribution is -0.167. The molecular formula is C65H112O6. The zero-order chi connectivity index (χ0) is 51.4. The maximum Gasteiger partial charge on any atom is 0.306 e. The molecule has 1 unspecified atom stereocenters. The number of ether oxygens (including phenoxy) is 3. The van der Waals surface area contributed by atoms with E-state index >= 15 is 0 Å². The van der Waals surface area contributed by atoms with Crippen molar-refractivity contribution in [3.8, 4) is 0 Å². The Morgan fingerprint density at radius 3 is 0.845 bits per heavy atom. The topological polar surface area (TPSA) is 78.9 Å². The third kappa shape index (κ3) is 57.4. The second-order valence-corrected chi connectivity index (χ2v) is 19.9. The minimum Gasteiger partial charge on any atom is -0.462 e. The van der Waals surface area contributed by atoms with Gasteiger partial charge in [0, 0.05) is 19.3 Å². The summed E-state index contributed by atoms with van der Waals surface area (Å²) in [5.41, 5.74) is 0. The minimum atomic E-state index is -0.803. The van der Waals surface area contributed by atoms with Gasteiger partial charge in [0.2, 0.25) is 0 Å². The quantitative estimate of drug-likeness (QED) is 0.0261. The van der Waals surface area contributed by atoms with E-state index in [9.17, 15) is 14.4 Å². The van der Waals surface area contributed by atoms with Crippen molar-refractivity contribution in [1.29, 1.82) is 0 Å². The molecule has 0 aromatic carbocycles. The number of hydrogen-bond acceptors (Lipinski definition) is 6. The first-order chi connectivity index (χ1) is 35.0. The third-order valence-electron chi connectivity index (χ3n) is 12.9. The van der Waals surface area contributed by atoms with E-state index in [-0.39, 0.29) is 37.5 Å². The molecule has 71 heavy (non-hydrogen) atoms. The molecule has 0 radical (unpaired) electrons. The van der Waals surface area contributed by atoms with Gasteiger partial charge in [0.25, 0.3) is 0 Å². The van der Waals surface area contributed by atoms with Crippen molar-refractivity contribution in [1.82, 2.24) is 0 Å². The number of rotatable bonds is 54. The average molecular weight is 990 g/mol. The van der Waals surface area contributed by atoms with Crippen LogP contribution in [0.4, 0.5) is 0 Å². The summed E-state index contributed by atoms with van der Waals surface area (Å²) in [7, 11) is 0. The maximum absolute atomic E-state index is 12.8. The summed E-state index contributed by atoms with van der Waals surface area (Å²) in [5, 5.41) is 0. The van der Waals surface area contributed by atoms with E-state index in [2.05, 4.69) is 106 Å². The van der Waals surface area contributed by atoms with Gasteiger partial charge >= 0.3 is 17.9 Å². The summed E-state index contributed by atoms with van der Waals surface area (Å²) in [6, 6.07) is 0. The highest BCUT2D eigenvalue weighted by molar-refractivity contribution is 5.71. The monoisotopic (exact) mass is 989 g/mol. The van der Waals surface area contributed by atoms with Crippen LogP contribution in [0.1, 0.15) is 290 Å². The Hall–Kier alpha value is -3.41. The molecule has 6 heteroatoms. The Morgan fingerprint density at radius 2 is 0.549 bits per heavy atom. The first-order valence-corrected chi connectivity index (χ1v) is 30.1. The number of allylic oxidation sites excluding steroid dienone is 14. The van der Waals surface area contributed by atoms with E-state index in [1.54, 1.807) is 0 Å². The maximum atomic E-state index is 12.8. The fourth-order valence-electron chi connectivity index (χ4n) is 8.43. The summed E-state index contributed by atoms with van der Waals surface area (Å²) >= 11 is 0.